The van der Waals surface area contributed by atoms with Crippen LogP contribution in [0.5, 0.6) is 0 Å². The summed E-state index contributed by atoms with van der Waals surface area (Å²) >= 11 is 3.36. The van der Waals surface area contributed by atoms with Crippen molar-refractivity contribution < 1.29 is 17.9 Å². The van der Waals surface area contributed by atoms with Gasteiger partial charge >= 0.3 is 0 Å². The molecule has 1 aliphatic heterocycles. The summed E-state index contributed by atoms with van der Waals surface area (Å²) in [6, 6.07) is 13.9. The van der Waals surface area contributed by atoms with Crippen LogP contribution in [0.1, 0.15) is 15.9 Å². The number of hydrogen-bond donors (Lipinski definition) is 1. The van der Waals surface area contributed by atoms with Crippen LogP contribution in [0.15, 0.2) is 53.0 Å². The van der Waals surface area contributed by atoms with E-state index in [4.69, 9.17) is 4.74 Å². The van der Waals surface area contributed by atoms with Crippen LogP contribution >= 0.6 is 15.9 Å². The number of benzene rings is 2. The molecular weight excluding hydrogens is 420 g/mol. The highest BCUT2D eigenvalue weighted by Crippen LogP contribution is 2.17. The average Bonchev–Trinajstić information content (AvgIpc) is 2.63. The summed E-state index contributed by atoms with van der Waals surface area (Å²) in [7, 11) is -3.38. The van der Waals surface area contributed by atoms with Gasteiger partial charge in [0, 0.05) is 28.8 Å². The van der Waals surface area contributed by atoms with Gasteiger partial charge in [0.2, 0.25) is 10.0 Å². The van der Waals surface area contributed by atoms with Crippen LogP contribution in [-0.4, -0.2) is 44.9 Å². The van der Waals surface area contributed by atoms with Crippen molar-refractivity contribution in [3.05, 3.63) is 64.1 Å². The van der Waals surface area contributed by atoms with E-state index < -0.39 is 10.0 Å². The number of hydrogen-bond acceptors (Lipinski definition) is 4. The maximum absolute atomic E-state index is 12.4. The second-order valence-electron chi connectivity index (χ2n) is 5.93. The molecule has 0 aliphatic carbocycles. The van der Waals surface area contributed by atoms with Crippen LogP contribution in [0.4, 0.5) is 5.69 Å². The zero-order valence-corrected chi connectivity index (χ0v) is 16.4. The van der Waals surface area contributed by atoms with Crippen molar-refractivity contribution >= 4 is 37.5 Å². The highest BCUT2D eigenvalue weighted by molar-refractivity contribution is 9.10. The van der Waals surface area contributed by atoms with Crippen LogP contribution in [0.3, 0.4) is 0 Å². The number of amides is 1. The number of morpholine rings is 1. The molecule has 2 aromatic rings. The van der Waals surface area contributed by atoms with Crippen LogP contribution in [0.2, 0.25) is 0 Å². The van der Waals surface area contributed by atoms with Crippen molar-refractivity contribution in [3.8, 4) is 0 Å². The molecule has 0 unspecified atom stereocenters. The maximum Gasteiger partial charge on any atom is 0.255 e. The maximum atomic E-state index is 12.4. The third-order valence-corrected chi connectivity index (χ3v) is 6.35. The lowest BCUT2D eigenvalue weighted by molar-refractivity contribution is 0.0729. The molecule has 1 aliphatic rings. The van der Waals surface area contributed by atoms with Gasteiger partial charge in [-0.25, -0.2) is 8.42 Å². The molecule has 0 aromatic heterocycles. The highest BCUT2D eigenvalue weighted by Gasteiger charge is 2.24. The van der Waals surface area contributed by atoms with Gasteiger partial charge in [-0.3, -0.25) is 4.79 Å². The van der Waals surface area contributed by atoms with Crippen LogP contribution in [0.25, 0.3) is 0 Å². The van der Waals surface area contributed by atoms with Gasteiger partial charge in [0.1, 0.15) is 0 Å². The molecule has 2 aromatic carbocycles. The van der Waals surface area contributed by atoms with Gasteiger partial charge in [-0.1, -0.05) is 34.1 Å². The molecule has 0 saturated carbocycles. The number of anilines is 1. The first-order valence-electron chi connectivity index (χ1n) is 8.15. The summed E-state index contributed by atoms with van der Waals surface area (Å²) in [5, 5.41) is 2.81. The van der Waals surface area contributed by atoms with Gasteiger partial charge in [-0.2, -0.15) is 4.31 Å². The third-order valence-electron chi connectivity index (χ3n) is 4.01. The summed E-state index contributed by atoms with van der Waals surface area (Å²) < 4.78 is 32.4. The zero-order valence-electron chi connectivity index (χ0n) is 14.0. The van der Waals surface area contributed by atoms with E-state index in [0.717, 1.165) is 4.47 Å². The van der Waals surface area contributed by atoms with Crippen LogP contribution in [0, 0.1) is 0 Å². The standard InChI is InChI=1S/C18H19BrN2O4S/c19-16-2-1-3-17(12-16)20-18(22)15-6-4-14(5-7-15)13-26(23,24)21-8-10-25-11-9-21/h1-7,12H,8-11,13H2,(H,20,22). The fraction of sp³-hybridized carbons (Fsp3) is 0.278. The summed E-state index contributed by atoms with van der Waals surface area (Å²) in [5.41, 5.74) is 1.80. The van der Waals surface area contributed by atoms with Gasteiger partial charge in [0.05, 0.1) is 19.0 Å². The first kappa shape index (κ1) is 19.0. The number of carbonyl (C=O) groups is 1. The predicted octanol–water partition coefficient (Wildman–Crippen LogP) is 2.86. The molecule has 0 radical (unpaired) electrons. The van der Waals surface area contributed by atoms with Crippen molar-refractivity contribution in [2.24, 2.45) is 0 Å². The minimum absolute atomic E-state index is 0.0828. The smallest absolute Gasteiger partial charge is 0.255 e. The molecule has 1 N–H and O–H groups in total. The molecule has 1 fully saturated rings. The topological polar surface area (TPSA) is 75.7 Å². The quantitative estimate of drug-likeness (QED) is 0.778. The second-order valence-corrected chi connectivity index (χ2v) is 8.81. The van der Waals surface area contributed by atoms with E-state index in [1.807, 2.05) is 12.1 Å². The van der Waals surface area contributed by atoms with E-state index in [0.29, 0.717) is 43.1 Å². The molecule has 138 valence electrons. The van der Waals surface area contributed by atoms with Crippen LogP contribution < -0.4 is 5.32 Å². The van der Waals surface area contributed by atoms with E-state index >= 15 is 0 Å². The summed E-state index contributed by atoms with van der Waals surface area (Å²) in [4.78, 5) is 12.3. The Balaban J connectivity index is 1.65. The molecule has 26 heavy (non-hydrogen) atoms. The van der Waals surface area contributed by atoms with Crippen molar-refractivity contribution in [1.82, 2.24) is 4.31 Å². The Hall–Kier alpha value is -1.74. The Bertz CT molecular complexity index is 878. The first-order valence-corrected chi connectivity index (χ1v) is 10.6. The van der Waals surface area contributed by atoms with E-state index in [1.165, 1.54) is 4.31 Å². The van der Waals surface area contributed by atoms with Gasteiger partial charge in [-0.15, -0.1) is 0 Å². The summed E-state index contributed by atoms with van der Waals surface area (Å²) in [5.74, 6) is -0.328. The largest absolute Gasteiger partial charge is 0.379 e. The summed E-state index contributed by atoms with van der Waals surface area (Å²) in [6.07, 6.45) is 0. The predicted molar refractivity (Wildman–Crippen MR) is 104 cm³/mol. The second kappa shape index (κ2) is 8.30. The Morgan fingerprint density at radius 3 is 2.46 bits per heavy atom. The number of rotatable bonds is 5. The van der Waals surface area contributed by atoms with E-state index in [9.17, 15) is 13.2 Å². The SMILES string of the molecule is O=C(Nc1cccc(Br)c1)c1ccc(CS(=O)(=O)N2CCOCC2)cc1. The number of ether oxygens (including phenoxy) is 1. The van der Waals surface area contributed by atoms with Crippen molar-refractivity contribution in [3.63, 3.8) is 0 Å². The minimum Gasteiger partial charge on any atom is -0.379 e. The molecule has 1 saturated heterocycles. The number of nitrogens with zero attached hydrogens (tertiary/aromatic N) is 1. The molecule has 8 heteroatoms. The molecule has 0 bridgehead atoms. The Labute approximate surface area is 161 Å². The summed E-state index contributed by atoms with van der Waals surface area (Å²) in [6.45, 7) is 1.62. The van der Waals surface area contributed by atoms with Gasteiger partial charge in [0.15, 0.2) is 0 Å². The third kappa shape index (κ3) is 4.91. The lowest BCUT2D eigenvalue weighted by Crippen LogP contribution is -2.41. The first-order chi connectivity index (χ1) is 12.4. The molecule has 1 amide bonds. The Kier molecular flexibility index (Phi) is 6.08. The fourth-order valence-corrected chi connectivity index (χ4v) is 4.55. The van der Waals surface area contributed by atoms with E-state index in [-0.39, 0.29) is 11.7 Å². The van der Waals surface area contributed by atoms with Gasteiger partial charge in [0.25, 0.3) is 5.91 Å². The lowest BCUT2D eigenvalue weighted by Gasteiger charge is -2.26. The number of carbonyl (C=O) groups excluding carboxylic acids is 1. The molecule has 0 spiro atoms. The lowest BCUT2D eigenvalue weighted by atomic mass is 10.1. The van der Waals surface area contributed by atoms with Gasteiger partial charge < -0.3 is 10.1 Å². The van der Waals surface area contributed by atoms with Crippen molar-refractivity contribution in [1.29, 1.82) is 0 Å². The normalized spacial score (nSPS) is 15.6. The molecule has 0 atom stereocenters. The minimum atomic E-state index is -3.38. The molecule has 1 heterocycles. The number of halogens is 1. The molecular formula is C18H19BrN2O4S. The van der Waals surface area contributed by atoms with Crippen molar-refractivity contribution in [2.45, 2.75) is 5.75 Å². The highest BCUT2D eigenvalue weighted by atomic mass is 79.9. The average molecular weight is 439 g/mol. The Morgan fingerprint density at radius 1 is 1.12 bits per heavy atom. The van der Waals surface area contributed by atoms with E-state index in [2.05, 4.69) is 21.2 Å². The van der Waals surface area contributed by atoms with Crippen LogP contribution in [-0.2, 0) is 20.5 Å². The van der Waals surface area contributed by atoms with Crippen molar-refractivity contribution in [2.75, 3.05) is 31.6 Å². The zero-order chi connectivity index (χ0) is 18.6. The molecule has 3 rings (SSSR count). The number of nitrogens with one attached hydrogen (secondary N) is 1. The van der Waals surface area contributed by atoms with E-state index in [1.54, 1.807) is 36.4 Å². The fourth-order valence-electron chi connectivity index (χ4n) is 2.65. The monoisotopic (exact) mass is 438 g/mol. The van der Waals surface area contributed by atoms with Gasteiger partial charge in [-0.05, 0) is 35.9 Å². The Morgan fingerprint density at radius 2 is 1.81 bits per heavy atom. The molecule has 6 nitrogen and oxygen atoms in total. The number of sulfonamides is 1.